The van der Waals surface area contributed by atoms with Crippen molar-refractivity contribution < 1.29 is 9.47 Å². The lowest BCUT2D eigenvalue weighted by atomic mass is 10.2. The van der Waals surface area contributed by atoms with Gasteiger partial charge >= 0.3 is 0 Å². The Labute approximate surface area is 94.6 Å². The molecule has 5 heteroatoms. The second-order valence-electron chi connectivity index (χ2n) is 2.99. The average molecular weight is 231 g/mol. The van der Waals surface area contributed by atoms with Crippen LogP contribution in [0.2, 0.25) is 5.02 Å². The molecule has 1 rings (SSSR count). The van der Waals surface area contributed by atoms with Crippen molar-refractivity contribution in [2.75, 3.05) is 27.4 Å². The van der Waals surface area contributed by atoms with Crippen molar-refractivity contribution in [2.45, 2.75) is 6.54 Å². The fourth-order valence-corrected chi connectivity index (χ4v) is 1.26. The molecule has 0 atom stereocenters. The van der Waals surface area contributed by atoms with Crippen LogP contribution < -0.4 is 10.1 Å². The van der Waals surface area contributed by atoms with Gasteiger partial charge in [0.15, 0.2) is 0 Å². The van der Waals surface area contributed by atoms with E-state index in [9.17, 15) is 0 Å². The minimum absolute atomic E-state index is 0.490. The molecule has 1 aromatic heterocycles. The van der Waals surface area contributed by atoms with E-state index >= 15 is 0 Å². The summed E-state index contributed by atoms with van der Waals surface area (Å²) >= 11 is 5.95. The summed E-state index contributed by atoms with van der Waals surface area (Å²) in [4.78, 5) is 4.06. The van der Waals surface area contributed by atoms with Crippen LogP contribution in [0.3, 0.4) is 0 Å². The quantitative estimate of drug-likeness (QED) is 0.752. The predicted octanol–water partition coefficient (Wildman–Crippen LogP) is 1.48. The van der Waals surface area contributed by atoms with Crippen molar-refractivity contribution >= 4 is 11.6 Å². The number of nitrogens with one attached hydrogen (secondary N) is 1. The molecule has 1 heterocycles. The first-order valence-electron chi connectivity index (χ1n) is 4.68. The number of hydrogen-bond donors (Lipinski definition) is 1. The van der Waals surface area contributed by atoms with Crippen molar-refractivity contribution in [1.82, 2.24) is 10.3 Å². The van der Waals surface area contributed by atoms with E-state index in [2.05, 4.69) is 10.3 Å². The van der Waals surface area contributed by atoms with E-state index in [1.807, 2.05) is 13.1 Å². The maximum Gasteiger partial charge on any atom is 0.213 e. The molecule has 1 N–H and O–H groups in total. The Morgan fingerprint density at radius 2 is 2.27 bits per heavy atom. The Morgan fingerprint density at radius 3 is 2.93 bits per heavy atom. The molecular formula is C10H15ClN2O2. The van der Waals surface area contributed by atoms with Crippen LogP contribution in [0.4, 0.5) is 0 Å². The number of nitrogens with zero attached hydrogens (tertiary/aromatic N) is 1. The van der Waals surface area contributed by atoms with E-state index in [1.165, 1.54) is 0 Å². The van der Waals surface area contributed by atoms with Crippen LogP contribution in [0.5, 0.6) is 5.88 Å². The van der Waals surface area contributed by atoms with Crippen molar-refractivity contribution in [3.05, 3.63) is 22.8 Å². The number of aromatic nitrogens is 1. The van der Waals surface area contributed by atoms with E-state index in [-0.39, 0.29) is 0 Å². The van der Waals surface area contributed by atoms with E-state index in [1.54, 1.807) is 13.3 Å². The molecule has 4 nitrogen and oxygen atoms in total. The molecule has 0 aliphatic heterocycles. The molecule has 0 saturated carbocycles. The normalized spacial score (nSPS) is 10.3. The summed E-state index contributed by atoms with van der Waals surface area (Å²) in [5.74, 6) is 0.571. The summed E-state index contributed by atoms with van der Waals surface area (Å²) < 4.78 is 10.2. The standard InChI is InChI=1S/C10H15ClN2O2/c1-12-6-8-5-10(13-7-9(8)11)15-4-3-14-2/h5,7,12H,3-4,6H2,1-2H3. The maximum atomic E-state index is 5.95. The lowest BCUT2D eigenvalue weighted by Gasteiger charge is -2.07. The Balaban J connectivity index is 2.61. The van der Waals surface area contributed by atoms with Crippen LogP contribution >= 0.6 is 11.6 Å². The zero-order valence-electron chi connectivity index (χ0n) is 8.92. The Hall–Kier alpha value is -0.840. The van der Waals surface area contributed by atoms with Gasteiger partial charge in [0.1, 0.15) is 6.61 Å². The van der Waals surface area contributed by atoms with Crippen LogP contribution in [0.15, 0.2) is 12.3 Å². The van der Waals surface area contributed by atoms with Gasteiger partial charge in [0.2, 0.25) is 5.88 Å². The molecule has 0 aliphatic rings. The molecule has 0 spiro atoms. The van der Waals surface area contributed by atoms with Gasteiger partial charge in [-0.2, -0.15) is 0 Å². The molecule has 84 valence electrons. The zero-order valence-corrected chi connectivity index (χ0v) is 9.67. The monoisotopic (exact) mass is 230 g/mol. The summed E-state index contributed by atoms with van der Waals surface area (Å²) in [7, 11) is 3.49. The molecule has 0 radical (unpaired) electrons. The summed E-state index contributed by atoms with van der Waals surface area (Å²) in [5.41, 5.74) is 0.974. The number of methoxy groups -OCH3 is 1. The number of halogens is 1. The minimum atomic E-state index is 0.490. The Morgan fingerprint density at radius 1 is 1.47 bits per heavy atom. The van der Waals surface area contributed by atoms with Crippen LogP contribution in [0.25, 0.3) is 0 Å². The fraction of sp³-hybridized carbons (Fsp3) is 0.500. The molecule has 0 amide bonds. The van der Waals surface area contributed by atoms with Crippen molar-refractivity contribution in [3.8, 4) is 5.88 Å². The number of hydrogen-bond acceptors (Lipinski definition) is 4. The second-order valence-corrected chi connectivity index (χ2v) is 3.39. The summed E-state index contributed by atoms with van der Waals surface area (Å²) in [5, 5.41) is 3.67. The molecule has 0 aliphatic carbocycles. The predicted molar refractivity (Wildman–Crippen MR) is 59.4 cm³/mol. The highest BCUT2D eigenvalue weighted by atomic mass is 35.5. The molecular weight excluding hydrogens is 216 g/mol. The lowest BCUT2D eigenvalue weighted by molar-refractivity contribution is 0.143. The van der Waals surface area contributed by atoms with E-state index in [0.29, 0.717) is 30.7 Å². The second kappa shape index (κ2) is 6.61. The first-order valence-corrected chi connectivity index (χ1v) is 5.06. The van der Waals surface area contributed by atoms with Crippen LogP contribution in [0, 0.1) is 0 Å². The highest BCUT2D eigenvalue weighted by molar-refractivity contribution is 6.31. The van der Waals surface area contributed by atoms with E-state index in [0.717, 1.165) is 5.56 Å². The first kappa shape index (κ1) is 12.2. The fourth-order valence-electron chi connectivity index (χ4n) is 1.09. The molecule has 0 unspecified atom stereocenters. The van der Waals surface area contributed by atoms with Gasteiger partial charge in [0, 0.05) is 25.9 Å². The largest absolute Gasteiger partial charge is 0.475 e. The molecule has 15 heavy (non-hydrogen) atoms. The van der Waals surface area contributed by atoms with Crippen molar-refractivity contribution in [3.63, 3.8) is 0 Å². The minimum Gasteiger partial charge on any atom is -0.475 e. The lowest BCUT2D eigenvalue weighted by Crippen LogP contribution is -2.08. The number of rotatable bonds is 6. The van der Waals surface area contributed by atoms with Gasteiger partial charge in [0.25, 0.3) is 0 Å². The van der Waals surface area contributed by atoms with Gasteiger partial charge in [-0.15, -0.1) is 0 Å². The molecule has 0 fully saturated rings. The Bertz CT molecular complexity index is 307. The maximum absolute atomic E-state index is 5.95. The highest BCUT2D eigenvalue weighted by Crippen LogP contribution is 2.18. The number of pyridine rings is 1. The zero-order chi connectivity index (χ0) is 11.1. The highest BCUT2D eigenvalue weighted by Gasteiger charge is 2.03. The van der Waals surface area contributed by atoms with E-state index in [4.69, 9.17) is 21.1 Å². The average Bonchev–Trinajstić information content (AvgIpc) is 2.23. The van der Waals surface area contributed by atoms with E-state index < -0.39 is 0 Å². The van der Waals surface area contributed by atoms with Gasteiger partial charge in [-0.25, -0.2) is 4.98 Å². The third-order valence-corrected chi connectivity index (χ3v) is 2.15. The SMILES string of the molecule is CNCc1cc(OCCOC)ncc1Cl. The summed E-state index contributed by atoms with van der Waals surface area (Å²) in [6, 6.07) is 1.83. The first-order chi connectivity index (χ1) is 7.27. The molecule has 1 aromatic rings. The third kappa shape index (κ3) is 4.03. The molecule has 0 saturated heterocycles. The summed E-state index contributed by atoms with van der Waals surface area (Å²) in [6.45, 7) is 1.73. The van der Waals surface area contributed by atoms with Crippen molar-refractivity contribution in [2.24, 2.45) is 0 Å². The van der Waals surface area contributed by atoms with Gasteiger partial charge in [-0.3, -0.25) is 0 Å². The van der Waals surface area contributed by atoms with Crippen LogP contribution in [0.1, 0.15) is 5.56 Å². The van der Waals surface area contributed by atoms with Crippen LogP contribution in [-0.4, -0.2) is 32.4 Å². The molecule has 0 aromatic carbocycles. The van der Waals surface area contributed by atoms with Gasteiger partial charge in [0.05, 0.1) is 11.6 Å². The van der Waals surface area contributed by atoms with Gasteiger partial charge in [-0.05, 0) is 12.6 Å². The van der Waals surface area contributed by atoms with Gasteiger partial charge in [-0.1, -0.05) is 11.6 Å². The van der Waals surface area contributed by atoms with Gasteiger partial charge < -0.3 is 14.8 Å². The Kier molecular flexibility index (Phi) is 5.39. The molecule has 0 bridgehead atoms. The van der Waals surface area contributed by atoms with Crippen LogP contribution in [-0.2, 0) is 11.3 Å². The smallest absolute Gasteiger partial charge is 0.213 e. The summed E-state index contributed by atoms with van der Waals surface area (Å²) in [6.07, 6.45) is 1.59. The topological polar surface area (TPSA) is 43.4 Å². The van der Waals surface area contributed by atoms with Crippen molar-refractivity contribution in [1.29, 1.82) is 0 Å². The number of ether oxygens (including phenoxy) is 2. The third-order valence-electron chi connectivity index (χ3n) is 1.81.